The first-order valence-corrected chi connectivity index (χ1v) is 13.6. The number of ether oxygens (including phenoxy) is 2. The molecular weight excluding hydrogens is 507 g/mol. The number of hydrogen-bond acceptors (Lipinski definition) is 4. The van der Waals surface area contributed by atoms with Crippen LogP contribution in [0, 0.1) is 0 Å². The van der Waals surface area contributed by atoms with Crippen molar-refractivity contribution < 1.29 is 14.3 Å². The van der Waals surface area contributed by atoms with Gasteiger partial charge in [-0.05, 0) is 106 Å². The van der Waals surface area contributed by atoms with E-state index >= 15 is 0 Å². The van der Waals surface area contributed by atoms with Gasteiger partial charge in [-0.25, -0.2) is 0 Å². The zero-order valence-electron chi connectivity index (χ0n) is 21.8. The first-order valence-electron chi connectivity index (χ1n) is 12.8. The Bertz CT molecular complexity index is 1100. The first-order chi connectivity index (χ1) is 17.9. The van der Waals surface area contributed by atoms with E-state index in [1.54, 1.807) is 36.4 Å². The summed E-state index contributed by atoms with van der Waals surface area (Å²) >= 11 is 12.0. The Labute approximate surface area is 230 Å². The second kappa shape index (κ2) is 14.9. The molecule has 0 saturated heterocycles. The lowest BCUT2D eigenvalue weighted by Gasteiger charge is -2.30. The van der Waals surface area contributed by atoms with Gasteiger partial charge in [-0.2, -0.15) is 0 Å². The van der Waals surface area contributed by atoms with Crippen LogP contribution in [-0.2, 0) is 11.3 Å². The smallest absolute Gasteiger partial charge is 0.261 e. The van der Waals surface area contributed by atoms with Crippen molar-refractivity contribution >= 4 is 29.1 Å². The van der Waals surface area contributed by atoms with Crippen molar-refractivity contribution in [2.45, 2.75) is 46.2 Å². The van der Waals surface area contributed by atoms with Gasteiger partial charge < -0.3 is 19.3 Å². The summed E-state index contributed by atoms with van der Waals surface area (Å²) < 4.78 is 11.8. The van der Waals surface area contributed by atoms with Crippen molar-refractivity contribution in [3.05, 3.63) is 88.4 Å². The third-order valence-corrected chi connectivity index (χ3v) is 6.82. The number of benzene rings is 3. The summed E-state index contributed by atoms with van der Waals surface area (Å²) in [7, 11) is 0. The third kappa shape index (κ3) is 9.58. The van der Waals surface area contributed by atoms with Crippen LogP contribution in [-0.4, -0.2) is 48.0 Å². The number of rotatable bonds is 14. The molecule has 5 nitrogen and oxygen atoms in total. The zero-order valence-corrected chi connectivity index (χ0v) is 23.3. The Balaban J connectivity index is 1.70. The molecule has 1 atom stereocenters. The highest BCUT2D eigenvalue weighted by atomic mass is 35.5. The minimum absolute atomic E-state index is 0.0387. The normalized spacial score (nSPS) is 11.8. The Hall–Kier alpha value is -2.73. The van der Waals surface area contributed by atoms with Crippen molar-refractivity contribution in [3.8, 4) is 17.2 Å². The van der Waals surface area contributed by atoms with Gasteiger partial charge in [0.05, 0.1) is 0 Å². The van der Waals surface area contributed by atoms with E-state index in [4.69, 9.17) is 32.7 Å². The molecule has 0 bridgehead atoms. The molecule has 0 aliphatic heterocycles. The minimum Gasteiger partial charge on any atom is -0.484 e. The lowest BCUT2D eigenvalue weighted by atomic mass is 10.1. The fourth-order valence-electron chi connectivity index (χ4n) is 4.10. The van der Waals surface area contributed by atoms with Gasteiger partial charge in [-0.15, -0.1) is 0 Å². The van der Waals surface area contributed by atoms with Gasteiger partial charge in [-0.1, -0.05) is 49.2 Å². The minimum atomic E-state index is -0.0608. The molecule has 0 heterocycles. The van der Waals surface area contributed by atoms with Crippen molar-refractivity contribution in [3.63, 3.8) is 0 Å². The third-order valence-electron chi connectivity index (χ3n) is 6.32. The average Bonchev–Trinajstić information content (AvgIpc) is 2.90. The van der Waals surface area contributed by atoms with E-state index in [1.807, 2.05) is 41.3 Å². The maximum absolute atomic E-state index is 13.4. The lowest BCUT2D eigenvalue weighted by molar-refractivity contribution is -0.136. The Morgan fingerprint density at radius 2 is 1.49 bits per heavy atom. The fraction of sp³-hybridized carbons (Fsp3) is 0.367. The lowest BCUT2D eigenvalue weighted by Crippen LogP contribution is -2.41. The average molecular weight is 544 g/mol. The summed E-state index contributed by atoms with van der Waals surface area (Å²) in [6, 6.07) is 22.2. The van der Waals surface area contributed by atoms with Crippen molar-refractivity contribution in [2.24, 2.45) is 0 Å². The number of amides is 1. The second-order valence-corrected chi connectivity index (χ2v) is 9.86. The molecule has 3 aromatic rings. The number of carbonyl (C=O) groups is 1. The highest BCUT2D eigenvalue weighted by molar-refractivity contribution is 6.30. The van der Waals surface area contributed by atoms with Gasteiger partial charge in [0.1, 0.15) is 17.2 Å². The Morgan fingerprint density at radius 3 is 2.11 bits per heavy atom. The van der Waals surface area contributed by atoms with Crippen molar-refractivity contribution in [1.29, 1.82) is 0 Å². The van der Waals surface area contributed by atoms with Crippen LogP contribution >= 0.6 is 23.2 Å². The topological polar surface area (TPSA) is 42.0 Å². The summed E-state index contributed by atoms with van der Waals surface area (Å²) in [6.07, 6.45) is 1.93. The molecule has 0 N–H and O–H groups in total. The zero-order chi connectivity index (χ0) is 26.6. The van der Waals surface area contributed by atoms with E-state index in [0.717, 1.165) is 38.0 Å². The Morgan fingerprint density at radius 1 is 0.865 bits per heavy atom. The fourth-order valence-corrected chi connectivity index (χ4v) is 4.35. The van der Waals surface area contributed by atoms with E-state index in [1.165, 1.54) is 0 Å². The highest BCUT2D eigenvalue weighted by Gasteiger charge is 2.21. The van der Waals surface area contributed by atoms with E-state index in [-0.39, 0.29) is 18.6 Å². The standard InChI is InChI=1S/C30H36Cl2N2O3/c1-4-33(5-2)19-7-8-23(3)34(30(35)22-36-27-15-11-25(31)12-16-27)21-24-9-6-10-29(20-24)37-28-17-13-26(32)14-18-28/h6,9-18,20,23H,4-5,7-8,19,21-22H2,1-3H3. The number of carbonyl (C=O) groups excluding carboxylic acids is 1. The molecule has 1 amide bonds. The second-order valence-electron chi connectivity index (χ2n) is 8.99. The highest BCUT2D eigenvalue weighted by Crippen LogP contribution is 2.25. The molecule has 0 spiro atoms. The maximum Gasteiger partial charge on any atom is 0.261 e. The molecule has 3 aromatic carbocycles. The molecule has 0 aliphatic carbocycles. The van der Waals surface area contributed by atoms with Crippen LogP contribution < -0.4 is 9.47 Å². The maximum atomic E-state index is 13.4. The molecule has 37 heavy (non-hydrogen) atoms. The van der Waals surface area contributed by atoms with Gasteiger partial charge in [-0.3, -0.25) is 4.79 Å². The summed E-state index contributed by atoms with van der Waals surface area (Å²) in [6.45, 7) is 9.97. The Kier molecular flexibility index (Phi) is 11.6. The molecule has 0 radical (unpaired) electrons. The molecule has 7 heteroatoms. The molecule has 0 aliphatic rings. The quantitative estimate of drug-likeness (QED) is 0.209. The van der Waals surface area contributed by atoms with Crippen LogP contribution in [0.1, 0.15) is 39.2 Å². The molecule has 3 rings (SSSR count). The van der Waals surface area contributed by atoms with Crippen LogP contribution in [0.4, 0.5) is 0 Å². The van der Waals surface area contributed by atoms with Crippen LogP contribution in [0.25, 0.3) is 0 Å². The van der Waals surface area contributed by atoms with Crippen LogP contribution in [0.15, 0.2) is 72.8 Å². The molecule has 1 unspecified atom stereocenters. The molecular formula is C30H36Cl2N2O3. The summed E-state index contributed by atoms with van der Waals surface area (Å²) in [5.74, 6) is 1.97. The van der Waals surface area contributed by atoms with E-state index < -0.39 is 0 Å². The van der Waals surface area contributed by atoms with E-state index in [2.05, 4.69) is 25.7 Å². The molecule has 198 valence electrons. The SMILES string of the molecule is CCN(CC)CCCC(C)N(Cc1cccc(Oc2ccc(Cl)cc2)c1)C(=O)COc1ccc(Cl)cc1. The number of halogens is 2. The summed E-state index contributed by atoms with van der Waals surface area (Å²) in [5, 5.41) is 1.29. The van der Waals surface area contributed by atoms with E-state index in [0.29, 0.717) is 33.8 Å². The first kappa shape index (κ1) is 28.8. The summed E-state index contributed by atoms with van der Waals surface area (Å²) in [5.41, 5.74) is 0.988. The van der Waals surface area contributed by atoms with E-state index in [9.17, 15) is 4.79 Å². The van der Waals surface area contributed by atoms with Gasteiger partial charge in [0.15, 0.2) is 6.61 Å². The molecule has 0 aromatic heterocycles. The van der Waals surface area contributed by atoms with Gasteiger partial charge in [0.2, 0.25) is 0 Å². The van der Waals surface area contributed by atoms with Crippen LogP contribution in [0.2, 0.25) is 10.0 Å². The summed E-state index contributed by atoms with van der Waals surface area (Å²) in [4.78, 5) is 17.7. The van der Waals surface area contributed by atoms with Crippen LogP contribution in [0.5, 0.6) is 17.2 Å². The molecule has 0 saturated carbocycles. The predicted molar refractivity (Wildman–Crippen MR) is 152 cm³/mol. The number of nitrogens with zero attached hydrogens (tertiary/aromatic N) is 2. The van der Waals surface area contributed by atoms with Gasteiger partial charge >= 0.3 is 0 Å². The monoisotopic (exact) mass is 542 g/mol. The van der Waals surface area contributed by atoms with Crippen molar-refractivity contribution in [1.82, 2.24) is 9.80 Å². The van der Waals surface area contributed by atoms with Crippen LogP contribution in [0.3, 0.4) is 0 Å². The largest absolute Gasteiger partial charge is 0.484 e. The molecule has 0 fully saturated rings. The van der Waals surface area contributed by atoms with Gasteiger partial charge in [0.25, 0.3) is 5.91 Å². The van der Waals surface area contributed by atoms with Gasteiger partial charge in [0, 0.05) is 22.6 Å². The number of hydrogen-bond donors (Lipinski definition) is 0. The van der Waals surface area contributed by atoms with Crippen molar-refractivity contribution in [2.75, 3.05) is 26.2 Å². The predicted octanol–water partition coefficient (Wildman–Crippen LogP) is 7.70.